The number of rotatable bonds is 7. The number of aryl methyl sites for hydroxylation is 1. The second-order valence-corrected chi connectivity index (χ2v) is 7.48. The third-order valence-electron chi connectivity index (χ3n) is 5.36. The summed E-state index contributed by atoms with van der Waals surface area (Å²) in [5.41, 5.74) is 1.77. The molecule has 0 aromatic heterocycles. The van der Waals surface area contributed by atoms with Gasteiger partial charge in [-0.1, -0.05) is 78.4 Å². The Hall–Kier alpha value is -3.60. The number of nitrogens with one attached hydrogen (secondary N) is 1. The lowest BCUT2D eigenvalue weighted by Crippen LogP contribution is -2.46. The zero-order valence-corrected chi connectivity index (χ0v) is 16.9. The van der Waals surface area contributed by atoms with Crippen LogP contribution in [0.15, 0.2) is 84.9 Å². The predicted octanol–water partition coefficient (Wildman–Crippen LogP) is 4.06. The zero-order valence-electron chi connectivity index (χ0n) is 16.9. The highest BCUT2D eigenvalue weighted by atomic mass is 16.5. The van der Waals surface area contributed by atoms with Crippen LogP contribution >= 0.6 is 0 Å². The second kappa shape index (κ2) is 8.41. The van der Waals surface area contributed by atoms with Crippen molar-refractivity contribution in [3.63, 3.8) is 0 Å². The molecule has 1 aliphatic heterocycles. The van der Waals surface area contributed by atoms with E-state index in [0.29, 0.717) is 12.2 Å². The Morgan fingerprint density at radius 3 is 2.17 bits per heavy atom. The van der Waals surface area contributed by atoms with Crippen LogP contribution in [0.5, 0.6) is 5.75 Å². The lowest BCUT2D eigenvalue weighted by atomic mass is 9.83. The van der Waals surface area contributed by atoms with Gasteiger partial charge < -0.3 is 10.1 Å². The Labute approximate surface area is 176 Å². The van der Waals surface area contributed by atoms with Crippen LogP contribution in [0.25, 0.3) is 0 Å². The predicted molar refractivity (Wildman–Crippen MR) is 115 cm³/mol. The highest BCUT2D eigenvalue weighted by molar-refractivity contribution is 6.07. The van der Waals surface area contributed by atoms with Gasteiger partial charge in [0.15, 0.2) is 5.54 Å². The monoisotopic (exact) mass is 400 g/mol. The maximum atomic E-state index is 13.5. The molecule has 1 fully saturated rings. The van der Waals surface area contributed by atoms with Gasteiger partial charge in [0.25, 0.3) is 5.91 Å². The Bertz CT molecular complexity index is 1020. The van der Waals surface area contributed by atoms with E-state index in [-0.39, 0.29) is 19.1 Å². The fourth-order valence-corrected chi connectivity index (χ4v) is 3.76. The average Bonchev–Trinajstić information content (AvgIpc) is 3.01. The van der Waals surface area contributed by atoms with Crippen molar-refractivity contribution in [3.05, 3.63) is 102 Å². The molecule has 3 aromatic rings. The fraction of sp³-hybridized carbons (Fsp3) is 0.200. The maximum absolute atomic E-state index is 13.5. The first-order chi connectivity index (χ1) is 14.6. The van der Waals surface area contributed by atoms with Crippen molar-refractivity contribution >= 4 is 11.9 Å². The SMILES string of the molecule is Cc1ccc(OCCN2C(=O)NC(Cc3ccccc3)(c3ccccc3)C2=O)cc1. The van der Waals surface area contributed by atoms with Crippen LogP contribution in [0.2, 0.25) is 0 Å². The van der Waals surface area contributed by atoms with E-state index >= 15 is 0 Å². The molecule has 30 heavy (non-hydrogen) atoms. The van der Waals surface area contributed by atoms with Gasteiger partial charge in [0, 0.05) is 6.42 Å². The van der Waals surface area contributed by atoms with Gasteiger partial charge in [0.05, 0.1) is 6.54 Å². The van der Waals surface area contributed by atoms with E-state index in [1.807, 2.05) is 91.9 Å². The highest BCUT2D eigenvalue weighted by Gasteiger charge is 2.52. The molecule has 1 aliphatic rings. The van der Waals surface area contributed by atoms with Gasteiger partial charge in [0.1, 0.15) is 12.4 Å². The molecule has 152 valence electrons. The summed E-state index contributed by atoms with van der Waals surface area (Å²) < 4.78 is 5.74. The number of hydrogen-bond donors (Lipinski definition) is 1. The third kappa shape index (κ3) is 3.92. The van der Waals surface area contributed by atoms with E-state index in [0.717, 1.165) is 16.7 Å². The van der Waals surface area contributed by atoms with E-state index < -0.39 is 11.6 Å². The summed E-state index contributed by atoms with van der Waals surface area (Å²) in [5.74, 6) is 0.460. The highest BCUT2D eigenvalue weighted by Crippen LogP contribution is 2.33. The molecule has 0 spiro atoms. The minimum Gasteiger partial charge on any atom is -0.492 e. The first-order valence-electron chi connectivity index (χ1n) is 10.0. The number of carbonyl (C=O) groups excluding carboxylic acids is 2. The summed E-state index contributed by atoms with van der Waals surface area (Å²) in [6, 6.07) is 26.4. The van der Waals surface area contributed by atoms with Crippen LogP contribution in [0.1, 0.15) is 16.7 Å². The molecule has 5 nitrogen and oxygen atoms in total. The summed E-state index contributed by atoms with van der Waals surface area (Å²) in [6.07, 6.45) is 0.387. The van der Waals surface area contributed by atoms with Crippen molar-refractivity contribution in [1.29, 1.82) is 0 Å². The molecule has 1 unspecified atom stereocenters. The topological polar surface area (TPSA) is 58.6 Å². The summed E-state index contributed by atoms with van der Waals surface area (Å²) in [7, 11) is 0. The summed E-state index contributed by atoms with van der Waals surface area (Å²) in [5, 5.41) is 2.97. The van der Waals surface area contributed by atoms with E-state index in [4.69, 9.17) is 4.74 Å². The molecular weight excluding hydrogens is 376 g/mol. The minimum atomic E-state index is -1.12. The molecule has 1 heterocycles. The Balaban J connectivity index is 1.55. The molecule has 0 aliphatic carbocycles. The molecule has 0 radical (unpaired) electrons. The second-order valence-electron chi connectivity index (χ2n) is 7.48. The number of hydrogen-bond acceptors (Lipinski definition) is 3. The van der Waals surface area contributed by atoms with E-state index in [9.17, 15) is 9.59 Å². The summed E-state index contributed by atoms with van der Waals surface area (Å²) in [6.45, 7) is 2.42. The summed E-state index contributed by atoms with van der Waals surface area (Å²) >= 11 is 0. The van der Waals surface area contributed by atoms with E-state index in [2.05, 4.69) is 5.32 Å². The lowest BCUT2D eigenvalue weighted by Gasteiger charge is -2.27. The zero-order chi connectivity index (χ0) is 21.0. The number of ether oxygens (including phenoxy) is 1. The minimum absolute atomic E-state index is 0.182. The largest absolute Gasteiger partial charge is 0.492 e. The number of benzene rings is 3. The standard InChI is InChI=1S/C25H24N2O3/c1-19-12-14-22(15-13-19)30-17-16-27-23(28)25(26-24(27)29,21-10-6-3-7-11-21)18-20-8-4-2-5-9-20/h2-15H,16-18H2,1H3,(H,26,29). The van der Waals surface area contributed by atoms with Crippen molar-refractivity contribution in [1.82, 2.24) is 10.2 Å². The van der Waals surface area contributed by atoms with Crippen molar-refractivity contribution in [2.75, 3.05) is 13.2 Å². The van der Waals surface area contributed by atoms with Crippen LogP contribution in [0, 0.1) is 6.92 Å². The number of amides is 3. The number of urea groups is 1. The van der Waals surface area contributed by atoms with Crippen LogP contribution in [-0.2, 0) is 16.8 Å². The quantitative estimate of drug-likeness (QED) is 0.609. The van der Waals surface area contributed by atoms with Crippen molar-refractivity contribution < 1.29 is 14.3 Å². The molecule has 0 bridgehead atoms. The van der Waals surface area contributed by atoms with Crippen LogP contribution < -0.4 is 10.1 Å². The van der Waals surface area contributed by atoms with Crippen molar-refractivity contribution in [2.24, 2.45) is 0 Å². The third-order valence-corrected chi connectivity index (χ3v) is 5.36. The first-order valence-corrected chi connectivity index (χ1v) is 10.0. The average molecular weight is 400 g/mol. The fourth-order valence-electron chi connectivity index (χ4n) is 3.76. The van der Waals surface area contributed by atoms with Gasteiger partial charge in [0.2, 0.25) is 0 Å². The number of carbonyl (C=O) groups is 2. The van der Waals surface area contributed by atoms with Gasteiger partial charge in [-0.2, -0.15) is 0 Å². The molecule has 3 amide bonds. The van der Waals surface area contributed by atoms with Gasteiger partial charge >= 0.3 is 6.03 Å². The van der Waals surface area contributed by atoms with Crippen LogP contribution in [-0.4, -0.2) is 30.0 Å². The summed E-state index contributed by atoms with van der Waals surface area (Å²) in [4.78, 5) is 27.6. The van der Waals surface area contributed by atoms with Gasteiger partial charge in [-0.3, -0.25) is 9.69 Å². The van der Waals surface area contributed by atoms with Gasteiger partial charge in [-0.15, -0.1) is 0 Å². The Morgan fingerprint density at radius 1 is 0.867 bits per heavy atom. The van der Waals surface area contributed by atoms with Crippen molar-refractivity contribution in [3.8, 4) is 5.75 Å². The maximum Gasteiger partial charge on any atom is 0.325 e. The van der Waals surface area contributed by atoms with E-state index in [1.165, 1.54) is 4.90 Å². The number of imide groups is 1. The van der Waals surface area contributed by atoms with E-state index in [1.54, 1.807) is 0 Å². The Morgan fingerprint density at radius 2 is 1.50 bits per heavy atom. The van der Waals surface area contributed by atoms with Gasteiger partial charge in [-0.25, -0.2) is 4.79 Å². The molecule has 4 rings (SSSR count). The molecule has 0 saturated carbocycles. The molecule has 5 heteroatoms. The van der Waals surface area contributed by atoms with Crippen LogP contribution in [0.4, 0.5) is 4.79 Å². The van der Waals surface area contributed by atoms with Gasteiger partial charge in [-0.05, 0) is 30.2 Å². The van der Waals surface area contributed by atoms with Crippen LogP contribution in [0.3, 0.4) is 0 Å². The first kappa shape index (κ1) is 19.7. The molecule has 3 aromatic carbocycles. The molecule has 1 saturated heterocycles. The smallest absolute Gasteiger partial charge is 0.325 e. The lowest BCUT2D eigenvalue weighted by molar-refractivity contribution is -0.131. The molecular formula is C25H24N2O3. The Kier molecular flexibility index (Phi) is 5.53. The normalized spacial score (nSPS) is 18.4. The molecule has 1 N–H and O–H groups in total. The van der Waals surface area contributed by atoms with Crippen molar-refractivity contribution in [2.45, 2.75) is 18.9 Å². The molecule has 1 atom stereocenters. The number of nitrogens with zero attached hydrogens (tertiary/aromatic N) is 1.